The molecule has 5 heteroatoms. The lowest BCUT2D eigenvalue weighted by Gasteiger charge is -2.43. The fraction of sp³-hybridized carbons (Fsp3) is 0.714. The Balaban J connectivity index is 2.42. The first kappa shape index (κ1) is 14.1. The number of hydrogen-bond donors (Lipinski definition) is 1. The number of nitrogens with two attached hydrogens (primary N) is 1. The molecule has 1 fully saturated rings. The molecule has 0 bridgehead atoms. The SMILES string of the molecule is CC(C)(C)c1nc(N)cc(N2CCOCC2(C)C)n1. The molecule has 0 spiro atoms. The second-order valence-corrected chi connectivity index (χ2v) is 6.74. The summed E-state index contributed by atoms with van der Waals surface area (Å²) in [7, 11) is 0. The van der Waals surface area contributed by atoms with E-state index in [0.717, 1.165) is 24.8 Å². The monoisotopic (exact) mass is 264 g/mol. The van der Waals surface area contributed by atoms with Crippen molar-refractivity contribution < 1.29 is 4.74 Å². The normalized spacial score (nSPS) is 19.5. The Labute approximate surface area is 115 Å². The van der Waals surface area contributed by atoms with Crippen LogP contribution in [0.2, 0.25) is 0 Å². The number of ether oxygens (including phenoxy) is 1. The van der Waals surface area contributed by atoms with Gasteiger partial charge in [-0.2, -0.15) is 0 Å². The molecule has 0 radical (unpaired) electrons. The average molecular weight is 264 g/mol. The molecule has 1 aliphatic rings. The molecule has 1 aromatic rings. The van der Waals surface area contributed by atoms with Crippen LogP contribution < -0.4 is 10.6 Å². The van der Waals surface area contributed by atoms with Crippen molar-refractivity contribution in [2.45, 2.75) is 45.6 Å². The van der Waals surface area contributed by atoms with Gasteiger partial charge in [-0.15, -0.1) is 0 Å². The highest BCUT2D eigenvalue weighted by Crippen LogP contribution is 2.28. The van der Waals surface area contributed by atoms with E-state index >= 15 is 0 Å². The molecule has 19 heavy (non-hydrogen) atoms. The summed E-state index contributed by atoms with van der Waals surface area (Å²) in [6, 6.07) is 1.85. The van der Waals surface area contributed by atoms with Gasteiger partial charge in [-0.3, -0.25) is 0 Å². The van der Waals surface area contributed by atoms with Gasteiger partial charge in [-0.25, -0.2) is 9.97 Å². The summed E-state index contributed by atoms with van der Waals surface area (Å²) in [5.74, 6) is 2.20. The second kappa shape index (κ2) is 4.63. The fourth-order valence-corrected chi connectivity index (χ4v) is 2.21. The lowest BCUT2D eigenvalue weighted by atomic mass is 9.95. The van der Waals surface area contributed by atoms with E-state index in [4.69, 9.17) is 15.5 Å². The van der Waals surface area contributed by atoms with Crippen molar-refractivity contribution in [3.05, 3.63) is 11.9 Å². The topological polar surface area (TPSA) is 64.3 Å². The number of hydrogen-bond acceptors (Lipinski definition) is 5. The van der Waals surface area contributed by atoms with Crippen LogP contribution in [0, 0.1) is 0 Å². The van der Waals surface area contributed by atoms with Crippen molar-refractivity contribution in [3.8, 4) is 0 Å². The third-order valence-electron chi connectivity index (χ3n) is 3.33. The largest absolute Gasteiger partial charge is 0.384 e. The molecule has 5 nitrogen and oxygen atoms in total. The van der Waals surface area contributed by atoms with Crippen LogP contribution in [-0.2, 0) is 10.2 Å². The molecular weight excluding hydrogens is 240 g/mol. The first-order valence-corrected chi connectivity index (χ1v) is 6.70. The van der Waals surface area contributed by atoms with Crippen molar-refractivity contribution in [2.24, 2.45) is 0 Å². The minimum absolute atomic E-state index is 0.0752. The number of nitrogens with zero attached hydrogens (tertiary/aromatic N) is 3. The molecule has 1 aliphatic heterocycles. The predicted octanol–water partition coefficient (Wildman–Crippen LogP) is 1.97. The average Bonchev–Trinajstić information content (AvgIpc) is 2.26. The van der Waals surface area contributed by atoms with Gasteiger partial charge in [0.05, 0.1) is 18.8 Å². The van der Waals surface area contributed by atoms with Gasteiger partial charge in [0.15, 0.2) is 0 Å². The molecule has 0 amide bonds. The molecule has 0 atom stereocenters. The van der Waals surface area contributed by atoms with Crippen LogP contribution in [-0.4, -0.2) is 35.3 Å². The Bertz CT molecular complexity index is 465. The number of morpholine rings is 1. The molecule has 106 valence electrons. The number of nitrogen functional groups attached to an aromatic ring is 1. The minimum Gasteiger partial charge on any atom is -0.384 e. The first-order valence-electron chi connectivity index (χ1n) is 6.70. The Morgan fingerprint density at radius 3 is 2.58 bits per heavy atom. The zero-order chi connectivity index (χ0) is 14.3. The predicted molar refractivity (Wildman–Crippen MR) is 77.4 cm³/mol. The van der Waals surface area contributed by atoms with Crippen molar-refractivity contribution in [2.75, 3.05) is 30.4 Å². The molecular formula is C14H24N4O. The second-order valence-electron chi connectivity index (χ2n) is 6.74. The molecule has 2 rings (SSSR count). The summed E-state index contributed by atoms with van der Waals surface area (Å²) in [5, 5.41) is 0. The third kappa shape index (κ3) is 2.97. The molecule has 0 aromatic carbocycles. The van der Waals surface area contributed by atoms with Gasteiger partial charge in [-0.05, 0) is 13.8 Å². The lowest BCUT2D eigenvalue weighted by molar-refractivity contribution is 0.0638. The molecule has 0 aliphatic carbocycles. The summed E-state index contributed by atoms with van der Waals surface area (Å²) >= 11 is 0. The van der Waals surface area contributed by atoms with Gasteiger partial charge in [0.2, 0.25) is 0 Å². The molecule has 1 aromatic heterocycles. The van der Waals surface area contributed by atoms with E-state index in [-0.39, 0.29) is 11.0 Å². The van der Waals surface area contributed by atoms with Gasteiger partial charge in [-0.1, -0.05) is 20.8 Å². The van der Waals surface area contributed by atoms with Crippen LogP contribution in [0.1, 0.15) is 40.4 Å². The zero-order valence-corrected chi connectivity index (χ0v) is 12.5. The summed E-state index contributed by atoms with van der Waals surface area (Å²) in [4.78, 5) is 11.3. The van der Waals surface area contributed by atoms with E-state index < -0.39 is 0 Å². The van der Waals surface area contributed by atoms with E-state index in [1.165, 1.54) is 0 Å². The van der Waals surface area contributed by atoms with Crippen molar-refractivity contribution in [3.63, 3.8) is 0 Å². The van der Waals surface area contributed by atoms with Crippen LogP contribution >= 0.6 is 0 Å². The van der Waals surface area contributed by atoms with E-state index in [9.17, 15) is 0 Å². The molecule has 2 N–H and O–H groups in total. The number of anilines is 2. The van der Waals surface area contributed by atoms with Gasteiger partial charge in [0.1, 0.15) is 17.5 Å². The maximum absolute atomic E-state index is 5.94. The van der Waals surface area contributed by atoms with Gasteiger partial charge in [0.25, 0.3) is 0 Å². The van der Waals surface area contributed by atoms with Crippen LogP contribution in [0.4, 0.5) is 11.6 Å². The fourth-order valence-electron chi connectivity index (χ4n) is 2.21. The highest BCUT2D eigenvalue weighted by atomic mass is 16.5. The Morgan fingerprint density at radius 2 is 2.00 bits per heavy atom. The summed E-state index contributed by atoms with van der Waals surface area (Å²) in [6.45, 7) is 12.8. The van der Waals surface area contributed by atoms with Gasteiger partial charge >= 0.3 is 0 Å². The summed E-state index contributed by atoms with van der Waals surface area (Å²) in [5.41, 5.74) is 5.76. The first-order chi connectivity index (χ1) is 8.70. The third-order valence-corrected chi connectivity index (χ3v) is 3.33. The molecule has 0 unspecified atom stereocenters. The minimum atomic E-state index is -0.111. The van der Waals surface area contributed by atoms with E-state index in [2.05, 4.69) is 44.5 Å². The van der Waals surface area contributed by atoms with Crippen LogP contribution in [0.3, 0.4) is 0 Å². The van der Waals surface area contributed by atoms with E-state index in [1.54, 1.807) is 0 Å². The number of rotatable bonds is 1. The van der Waals surface area contributed by atoms with Crippen LogP contribution in [0.15, 0.2) is 6.07 Å². The Hall–Kier alpha value is -1.36. The van der Waals surface area contributed by atoms with Gasteiger partial charge < -0.3 is 15.4 Å². The maximum atomic E-state index is 5.94. The smallest absolute Gasteiger partial charge is 0.138 e. The van der Waals surface area contributed by atoms with E-state index in [1.807, 2.05) is 6.07 Å². The summed E-state index contributed by atoms with van der Waals surface area (Å²) in [6.07, 6.45) is 0. The van der Waals surface area contributed by atoms with Crippen LogP contribution in [0.5, 0.6) is 0 Å². The van der Waals surface area contributed by atoms with Crippen LogP contribution in [0.25, 0.3) is 0 Å². The van der Waals surface area contributed by atoms with Crippen molar-refractivity contribution in [1.29, 1.82) is 0 Å². The van der Waals surface area contributed by atoms with Crippen molar-refractivity contribution in [1.82, 2.24) is 9.97 Å². The molecule has 0 saturated carbocycles. The standard InChI is InChI=1S/C14H24N4O/c1-13(2,3)12-16-10(15)8-11(17-12)18-6-7-19-9-14(18,4)5/h8H,6-7,9H2,1-5H3,(H2,15,16,17). The zero-order valence-electron chi connectivity index (χ0n) is 12.5. The Morgan fingerprint density at radius 1 is 1.32 bits per heavy atom. The van der Waals surface area contributed by atoms with E-state index in [0.29, 0.717) is 12.4 Å². The quantitative estimate of drug-likeness (QED) is 0.840. The van der Waals surface area contributed by atoms with Crippen molar-refractivity contribution >= 4 is 11.6 Å². The highest BCUT2D eigenvalue weighted by molar-refractivity contribution is 5.50. The molecule has 2 heterocycles. The number of aromatic nitrogens is 2. The summed E-state index contributed by atoms with van der Waals surface area (Å²) < 4.78 is 5.55. The maximum Gasteiger partial charge on any atom is 0.138 e. The lowest BCUT2D eigenvalue weighted by Crippen LogP contribution is -2.53. The highest BCUT2D eigenvalue weighted by Gasteiger charge is 2.32. The molecule has 1 saturated heterocycles. The Kier molecular flexibility index (Phi) is 3.43. The van der Waals surface area contributed by atoms with Gasteiger partial charge in [0, 0.05) is 18.0 Å².